The van der Waals surface area contributed by atoms with Gasteiger partial charge in [0, 0.05) is 5.02 Å². The lowest BCUT2D eigenvalue weighted by Crippen LogP contribution is -3.13. The Balaban J connectivity index is 1.52. The van der Waals surface area contributed by atoms with E-state index in [4.69, 9.17) is 20.8 Å². The first-order valence-corrected chi connectivity index (χ1v) is 9.55. The van der Waals surface area contributed by atoms with Crippen molar-refractivity contribution in [3.8, 4) is 5.75 Å². The minimum Gasteiger partial charge on any atom is -0.484 e. The number of piperidine rings is 1. The second-order valence-electron chi connectivity index (χ2n) is 6.79. The van der Waals surface area contributed by atoms with Gasteiger partial charge in [0.2, 0.25) is 0 Å². The number of rotatable bonds is 7. The van der Waals surface area contributed by atoms with Crippen molar-refractivity contribution in [2.75, 3.05) is 26.2 Å². The molecule has 6 heteroatoms. The molecule has 0 aliphatic carbocycles. The average Bonchev–Trinajstić information content (AvgIpc) is 3.18. The zero-order valence-corrected chi connectivity index (χ0v) is 15.8. The molecule has 1 aliphatic rings. The molecular formula is C20H26ClN2O3+. The van der Waals surface area contributed by atoms with Crippen LogP contribution in [0.5, 0.6) is 5.75 Å². The zero-order chi connectivity index (χ0) is 18.4. The van der Waals surface area contributed by atoms with Crippen LogP contribution in [0.4, 0.5) is 0 Å². The van der Waals surface area contributed by atoms with Gasteiger partial charge in [0.05, 0.1) is 25.9 Å². The topological polar surface area (TPSA) is 55.9 Å². The first-order chi connectivity index (χ1) is 12.6. The lowest BCUT2D eigenvalue weighted by molar-refractivity contribution is -0.936. The molecule has 0 unspecified atom stereocenters. The van der Waals surface area contributed by atoms with Crippen LogP contribution < -0.4 is 15.0 Å². The van der Waals surface area contributed by atoms with Crippen LogP contribution in [0.3, 0.4) is 0 Å². The summed E-state index contributed by atoms with van der Waals surface area (Å²) in [5.41, 5.74) is 0.927. The van der Waals surface area contributed by atoms with Crippen LogP contribution in [0.25, 0.3) is 0 Å². The van der Waals surface area contributed by atoms with E-state index in [2.05, 4.69) is 5.32 Å². The molecule has 2 aromatic rings. The van der Waals surface area contributed by atoms with Gasteiger partial charge in [-0.3, -0.25) is 4.79 Å². The van der Waals surface area contributed by atoms with Crippen molar-refractivity contribution in [3.63, 3.8) is 0 Å². The molecule has 5 nitrogen and oxygen atoms in total. The van der Waals surface area contributed by atoms with Crippen LogP contribution >= 0.6 is 11.6 Å². The average molecular weight is 378 g/mol. The maximum Gasteiger partial charge on any atom is 0.258 e. The van der Waals surface area contributed by atoms with Gasteiger partial charge in [-0.15, -0.1) is 0 Å². The molecule has 1 saturated heterocycles. The molecule has 140 valence electrons. The number of amides is 1. The predicted molar refractivity (Wildman–Crippen MR) is 101 cm³/mol. The van der Waals surface area contributed by atoms with E-state index in [1.165, 1.54) is 24.2 Å². The predicted octanol–water partition coefficient (Wildman–Crippen LogP) is 2.55. The molecule has 1 amide bonds. The number of carbonyl (C=O) groups excluding carboxylic acids is 1. The van der Waals surface area contributed by atoms with Crippen molar-refractivity contribution < 1.29 is 18.8 Å². The molecule has 1 atom stereocenters. The highest BCUT2D eigenvalue weighted by molar-refractivity contribution is 6.31. The monoisotopic (exact) mass is 377 g/mol. The fraction of sp³-hybridized carbons (Fsp3) is 0.450. The van der Waals surface area contributed by atoms with Gasteiger partial charge in [-0.25, -0.2) is 0 Å². The van der Waals surface area contributed by atoms with Gasteiger partial charge in [0.15, 0.2) is 18.4 Å². The first-order valence-electron chi connectivity index (χ1n) is 9.17. The summed E-state index contributed by atoms with van der Waals surface area (Å²) in [5.74, 6) is 1.44. The van der Waals surface area contributed by atoms with E-state index in [0.29, 0.717) is 17.3 Å². The second kappa shape index (κ2) is 9.10. The van der Waals surface area contributed by atoms with Gasteiger partial charge in [-0.2, -0.15) is 0 Å². The number of ether oxygens (including phenoxy) is 1. The van der Waals surface area contributed by atoms with Crippen LogP contribution in [0.15, 0.2) is 41.0 Å². The Bertz CT molecular complexity index is 712. The fourth-order valence-corrected chi connectivity index (χ4v) is 3.53. The normalized spacial score (nSPS) is 16.2. The van der Waals surface area contributed by atoms with Crippen molar-refractivity contribution >= 4 is 17.5 Å². The smallest absolute Gasteiger partial charge is 0.258 e. The third-order valence-electron chi connectivity index (χ3n) is 4.88. The van der Waals surface area contributed by atoms with Crippen molar-refractivity contribution in [1.29, 1.82) is 0 Å². The largest absolute Gasteiger partial charge is 0.484 e. The molecule has 1 aromatic carbocycles. The molecule has 0 spiro atoms. The van der Waals surface area contributed by atoms with E-state index in [9.17, 15) is 4.79 Å². The highest BCUT2D eigenvalue weighted by atomic mass is 35.5. The van der Waals surface area contributed by atoms with E-state index in [1.54, 1.807) is 18.4 Å². The molecule has 1 aliphatic heterocycles. The zero-order valence-electron chi connectivity index (χ0n) is 15.1. The quantitative estimate of drug-likeness (QED) is 0.779. The number of aryl methyl sites for hydroxylation is 1. The summed E-state index contributed by atoms with van der Waals surface area (Å²) < 4.78 is 11.2. The standard InChI is InChI=1S/C20H25ClN2O3/c1-15-12-16(7-8-17(15)21)26-14-20(24)22-13-18(19-6-5-11-25-19)23-9-3-2-4-10-23/h5-8,11-12,18H,2-4,9-10,13-14H2,1H3,(H,22,24)/p+1/t18-/m1/s1. The lowest BCUT2D eigenvalue weighted by Gasteiger charge is -2.30. The Hall–Kier alpha value is -1.98. The van der Waals surface area contributed by atoms with E-state index < -0.39 is 0 Å². The number of hydrogen-bond donors (Lipinski definition) is 2. The lowest BCUT2D eigenvalue weighted by atomic mass is 10.1. The van der Waals surface area contributed by atoms with Crippen molar-refractivity contribution in [2.45, 2.75) is 32.2 Å². The molecule has 1 aromatic heterocycles. The summed E-state index contributed by atoms with van der Waals surface area (Å²) in [4.78, 5) is 13.7. The number of nitrogens with one attached hydrogen (secondary N) is 2. The summed E-state index contributed by atoms with van der Waals surface area (Å²) in [6, 6.07) is 9.42. The minimum atomic E-state index is -0.134. The molecule has 3 rings (SSSR count). The molecule has 0 saturated carbocycles. The number of benzene rings is 1. The summed E-state index contributed by atoms with van der Waals surface area (Å²) in [6.45, 7) is 4.67. The number of furan rings is 1. The maximum atomic E-state index is 12.2. The van der Waals surface area contributed by atoms with Crippen LogP contribution in [0.1, 0.15) is 36.6 Å². The van der Waals surface area contributed by atoms with Crippen LogP contribution in [0, 0.1) is 6.92 Å². The Morgan fingerprint density at radius 1 is 1.31 bits per heavy atom. The van der Waals surface area contributed by atoms with Crippen molar-refractivity contribution in [2.24, 2.45) is 0 Å². The summed E-state index contributed by atoms with van der Waals surface area (Å²) in [5, 5.41) is 3.68. The SMILES string of the molecule is Cc1cc(OCC(=O)NC[C@H](c2ccco2)[NH+]2CCCCC2)ccc1Cl. The van der Waals surface area contributed by atoms with E-state index in [-0.39, 0.29) is 18.6 Å². The van der Waals surface area contributed by atoms with Gasteiger partial charge in [-0.1, -0.05) is 11.6 Å². The summed E-state index contributed by atoms with van der Waals surface area (Å²) >= 11 is 6.00. The van der Waals surface area contributed by atoms with Crippen LogP contribution in [0.2, 0.25) is 5.02 Å². The Labute approximate surface area is 159 Å². The highest BCUT2D eigenvalue weighted by Crippen LogP contribution is 2.20. The van der Waals surface area contributed by atoms with Gasteiger partial charge in [-0.05, 0) is 62.1 Å². The third kappa shape index (κ3) is 5.02. The van der Waals surface area contributed by atoms with Gasteiger partial charge in [0.1, 0.15) is 5.75 Å². The summed E-state index contributed by atoms with van der Waals surface area (Å²) in [7, 11) is 0. The van der Waals surface area contributed by atoms with Gasteiger partial charge < -0.3 is 19.4 Å². The van der Waals surface area contributed by atoms with Crippen molar-refractivity contribution in [3.05, 3.63) is 52.9 Å². The van der Waals surface area contributed by atoms with Crippen LogP contribution in [-0.2, 0) is 4.79 Å². The molecular weight excluding hydrogens is 352 g/mol. The Morgan fingerprint density at radius 3 is 2.81 bits per heavy atom. The number of likely N-dealkylation sites (tertiary alicyclic amines) is 1. The molecule has 2 N–H and O–H groups in total. The van der Waals surface area contributed by atoms with Gasteiger partial charge >= 0.3 is 0 Å². The van der Waals surface area contributed by atoms with E-state index >= 15 is 0 Å². The molecule has 0 bridgehead atoms. The third-order valence-corrected chi connectivity index (χ3v) is 5.30. The fourth-order valence-electron chi connectivity index (χ4n) is 3.41. The second-order valence-corrected chi connectivity index (χ2v) is 7.20. The van der Waals surface area contributed by atoms with Gasteiger partial charge in [0.25, 0.3) is 5.91 Å². The maximum absolute atomic E-state index is 12.2. The molecule has 26 heavy (non-hydrogen) atoms. The number of quaternary nitrogens is 1. The highest BCUT2D eigenvalue weighted by Gasteiger charge is 2.28. The molecule has 2 heterocycles. The Kier molecular flexibility index (Phi) is 6.58. The Morgan fingerprint density at radius 2 is 2.12 bits per heavy atom. The van der Waals surface area contributed by atoms with E-state index in [0.717, 1.165) is 24.4 Å². The van der Waals surface area contributed by atoms with E-state index in [1.807, 2.05) is 25.1 Å². The minimum absolute atomic E-state index is 0.0126. The van der Waals surface area contributed by atoms with Crippen LogP contribution in [-0.4, -0.2) is 32.1 Å². The first kappa shape index (κ1) is 18.8. The summed E-state index contributed by atoms with van der Waals surface area (Å²) in [6.07, 6.45) is 5.42. The number of hydrogen-bond acceptors (Lipinski definition) is 3. The van der Waals surface area contributed by atoms with Crippen molar-refractivity contribution in [1.82, 2.24) is 5.32 Å². The number of carbonyl (C=O) groups is 1. The number of halogens is 1. The molecule has 0 radical (unpaired) electrons. The molecule has 1 fully saturated rings.